The first-order chi connectivity index (χ1) is 7.59. The molecule has 0 aliphatic carbocycles. The Kier molecular flexibility index (Phi) is 3.36. The minimum Gasteiger partial charge on any atom is -0.394 e. The maximum atomic E-state index is 13.6. The molecule has 1 aromatic carbocycles. The summed E-state index contributed by atoms with van der Waals surface area (Å²) >= 11 is 0. The van der Waals surface area contributed by atoms with Gasteiger partial charge in [0.05, 0.1) is 5.56 Å². The van der Waals surface area contributed by atoms with Gasteiger partial charge in [0.1, 0.15) is 5.69 Å². The summed E-state index contributed by atoms with van der Waals surface area (Å²) < 4.78 is 65.3. The molecule has 2 N–H and O–H groups in total. The van der Waals surface area contributed by atoms with Gasteiger partial charge in [-0.1, -0.05) is 13.8 Å². The van der Waals surface area contributed by atoms with Gasteiger partial charge in [-0.15, -0.1) is 0 Å². The van der Waals surface area contributed by atoms with Crippen molar-refractivity contribution in [3.8, 4) is 0 Å². The first kappa shape index (κ1) is 13.7. The number of alkyl halides is 3. The van der Waals surface area contributed by atoms with Gasteiger partial charge in [0.25, 0.3) is 0 Å². The third-order valence-electron chi connectivity index (χ3n) is 2.54. The molecule has 0 aliphatic rings. The summed E-state index contributed by atoms with van der Waals surface area (Å²) in [6.07, 6.45) is -4.81. The zero-order valence-corrected chi connectivity index (χ0v) is 9.54. The van der Waals surface area contributed by atoms with Gasteiger partial charge in [0.15, 0.2) is 11.6 Å². The fourth-order valence-corrected chi connectivity index (χ4v) is 1.77. The van der Waals surface area contributed by atoms with E-state index in [2.05, 4.69) is 0 Å². The summed E-state index contributed by atoms with van der Waals surface area (Å²) in [6.45, 7) is 3.73. The third-order valence-corrected chi connectivity index (χ3v) is 2.54. The normalized spacial score (nSPS) is 12.3. The highest BCUT2D eigenvalue weighted by atomic mass is 19.4. The Bertz CT molecular complexity index is 448. The Morgan fingerprint density at radius 1 is 1.06 bits per heavy atom. The van der Waals surface area contributed by atoms with Gasteiger partial charge in [-0.3, -0.25) is 0 Å². The minimum atomic E-state index is -4.81. The molecule has 1 aromatic rings. The van der Waals surface area contributed by atoms with Gasteiger partial charge in [-0.25, -0.2) is 8.78 Å². The van der Waals surface area contributed by atoms with Crippen LogP contribution in [0.25, 0.3) is 0 Å². The largest absolute Gasteiger partial charge is 0.417 e. The lowest BCUT2D eigenvalue weighted by atomic mass is 9.91. The number of hydrogen-bond acceptors (Lipinski definition) is 1. The lowest BCUT2D eigenvalue weighted by Gasteiger charge is -2.20. The van der Waals surface area contributed by atoms with Crippen LogP contribution in [0.15, 0.2) is 0 Å². The van der Waals surface area contributed by atoms with E-state index in [-0.39, 0.29) is 0 Å². The Hall–Kier alpha value is -1.33. The molecule has 0 fully saturated rings. The lowest BCUT2D eigenvalue weighted by molar-refractivity contribution is -0.139. The summed E-state index contributed by atoms with van der Waals surface area (Å²) in [5.41, 5.74) is 1.73. The molecule has 0 aromatic heterocycles. The molecule has 6 heteroatoms. The molecule has 0 spiro atoms. The van der Waals surface area contributed by atoms with E-state index >= 15 is 0 Å². The van der Waals surface area contributed by atoms with Crippen LogP contribution in [0.2, 0.25) is 0 Å². The minimum absolute atomic E-state index is 0.589. The number of benzene rings is 1. The molecule has 0 saturated carbocycles. The molecule has 0 heterocycles. The van der Waals surface area contributed by atoms with Crippen LogP contribution in [0.4, 0.5) is 27.6 Å². The average Bonchev–Trinajstić information content (AvgIpc) is 2.17. The second-order valence-electron chi connectivity index (χ2n) is 4.11. The number of halogens is 5. The topological polar surface area (TPSA) is 26.0 Å². The zero-order valence-electron chi connectivity index (χ0n) is 9.54. The van der Waals surface area contributed by atoms with Gasteiger partial charge in [-0.2, -0.15) is 13.2 Å². The van der Waals surface area contributed by atoms with E-state index in [1.165, 1.54) is 13.8 Å². The molecule has 0 aliphatic heterocycles. The highest BCUT2D eigenvalue weighted by Crippen LogP contribution is 2.41. The van der Waals surface area contributed by atoms with Gasteiger partial charge in [-0.05, 0) is 18.4 Å². The van der Waals surface area contributed by atoms with Crippen LogP contribution < -0.4 is 5.73 Å². The summed E-state index contributed by atoms with van der Waals surface area (Å²) in [4.78, 5) is 0. The molecule has 96 valence electrons. The van der Waals surface area contributed by atoms with E-state index in [9.17, 15) is 22.0 Å². The summed E-state index contributed by atoms with van der Waals surface area (Å²) in [5.74, 6) is -3.41. The summed E-state index contributed by atoms with van der Waals surface area (Å²) in [5, 5.41) is 0. The van der Waals surface area contributed by atoms with E-state index in [1.807, 2.05) is 0 Å². The van der Waals surface area contributed by atoms with E-state index < -0.39 is 46.1 Å². The van der Waals surface area contributed by atoms with Crippen LogP contribution in [-0.4, -0.2) is 0 Å². The Morgan fingerprint density at radius 2 is 1.53 bits per heavy atom. The molecular formula is C11H12F5N. The fraction of sp³-hybridized carbons (Fsp3) is 0.455. The van der Waals surface area contributed by atoms with E-state index in [1.54, 1.807) is 0 Å². The van der Waals surface area contributed by atoms with Crippen molar-refractivity contribution in [1.29, 1.82) is 0 Å². The zero-order chi connectivity index (χ0) is 13.5. The third kappa shape index (κ3) is 2.21. The van der Waals surface area contributed by atoms with Crippen LogP contribution in [0.5, 0.6) is 0 Å². The van der Waals surface area contributed by atoms with Gasteiger partial charge >= 0.3 is 6.18 Å². The molecule has 1 rings (SSSR count). The number of nitrogen functional groups attached to an aromatic ring is 1. The fourth-order valence-electron chi connectivity index (χ4n) is 1.77. The molecule has 0 bridgehead atoms. The first-order valence-electron chi connectivity index (χ1n) is 4.93. The Balaban J connectivity index is 3.79. The summed E-state index contributed by atoms with van der Waals surface area (Å²) in [7, 11) is 0. The summed E-state index contributed by atoms with van der Waals surface area (Å²) in [6, 6.07) is 0. The monoisotopic (exact) mass is 253 g/mol. The molecule has 0 radical (unpaired) electrons. The van der Waals surface area contributed by atoms with Crippen LogP contribution in [-0.2, 0) is 6.18 Å². The maximum absolute atomic E-state index is 13.6. The smallest absolute Gasteiger partial charge is 0.394 e. The van der Waals surface area contributed by atoms with Gasteiger partial charge < -0.3 is 5.73 Å². The van der Waals surface area contributed by atoms with Crippen LogP contribution in [0.1, 0.15) is 36.5 Å². The SMILES string of the molecule is Cc1c(F)c(N)c(F)c(C(C)C)c1C(F)(F)F. The number of hydrogen-bond donors (Lipinski definition) is 1. The number of rotatable bonds is 1. The van der Waals surface area contributed by atoms with Crippen molar-refractivity contribution in [1.82, 2.24) is 0 Å². The highest BCUT2D eigenvalue weighted by molar-refractivity contribution is 5.54. The van der Waals surface area contributed by atoms with E-state index in [0.29, 0.717) is 0 Å². The van der Waals surface area contributed by atoms with E-state index in [4.69, 9.17) is 5.73 Å². The van der Waals surface area contributed by atoms with Crippen LogP contribution >= 0.6 is 0 Å². The maximum Gasteiger partial charge on any atom is 0.417 e. The second-order valence-corrected chi connectivity index (χ2v) is 4.11. The Morgan fingerprint density at radius 3 is 1.88 bits per heavy atom. The lowest BCUT2D eigenvalue weighted by Crippen LogP contribution is -2.17. The number of anilines is 1. The molecule has 0 amide bonds. The van der Waals surface area contributed by atoms with Gasteiger partial charge in [0.2, 0.25) is 0 Å². The second kappa shape index (κ2) is 4.16. The molecular weight excluding hydrogens is 241 g/mol. The van der Waals surface area contributed by atoms with Crippen molar-refractivity contribution >= 4 is 5.69 Å². The van der Waals surface area contributed by atoms with Crippen molar-refractivity contribution in [3.63, 3.8) is 0 Å². The van der Waals surface area contributed by atoms with Crippen LogP contribution in [0.3, 0.4) is 0 Å². The highest BCUT2D eigenvalue weighted by Gasteiger charge is 2.39. The molecule has 0 saturated heterocycles. The molecule has 17 heavy (non-hydrogen) atoms. The van der Waals surface area contributed by atoms with E-state index in [0.717, 1.165) is 6.92 Å². The quantitative estimate of drug-likeness (QED) is 0.594. The average molecular weight is 253 g/mol. The molecule has 1 nitrogen and oxygen atoms in total. The molecule has 0 unspecified atom stereocenters. The molecule has 0 atom stereocenters. The van der Waals surface area contributed by atoms with Crippen LogP contribution in [0, 0.1) is 18.6 Å². The first-order valence-corrected chi connectivity index (χ1v) is 4.93. The van der Waals surface area contributed by atoms with Crippen molar-refractivity contribution < 1.29 is 22.0 Å². The predicted molar refractivity (Wildman–Crippen MR) is 54.6 cm³/mol. The van der Waals surface area contributed by atoms with Gasteiger partial charge in [0, 0.05) is 5.56 Å². The van der Waals surface area contributed by atoms with Crippen molar-refractivity contribution in [3.05, 3.63) is 28.3 Å². The standard InChI is InChI=1S/C11H12F5N/c1-4(2)6-7(11(14,15)16)5(3)8(12)10(17)9(6)13/h4H,17H2,1-3H3. The van der Waals surface area contributed by atoms with Crippen molar-refractivity contribution in [2.45, 2.75) is 32.9 Å². The van der Waals surface area contributed by atoms with Crippen molar-refractivity contribution in [2.24, 2.45) is 0 Å². The number of nitrogens with two attached hydrogens (primary N) is 1. The Labute approximate surface area is 95.4 Å². The predicted octanol–water partition coefficient (Wildman–Crippen LogP) is 4.00. The van der Waals surface area contributed by atoms with Crippen molar-refractivity contribution in [2.75, 3.05) is 5.73 Å².